The summed E-state index contributed by atoms with van der Waals surface area (Å²) >= 11 is 0. The molecule has 0 fully saturated rings. The molecule has 0 radical (unpaired) electrons. The highest BCUT2D eigenvalue weighted by molar-refractivity contribution is 6.25. The van der Waals surface area contributed by atoms with Crippen molar-refractivity contribution in [2.75, 3.05) is 13.7 Å². The predicted molar refractivity (Wildman–Crippen MR) is 117 cm³/mol. The molecule has 156 valence electrons. The number of carbonyl (C=O) groups is 1. The summed E-state index contributed by atoms with van der Waals surface area (Å²) in [6.07, 6.45) is -0.749. The fourth-order valence-electron chi connectivity index (χ4n) is 4.16. The lowest BCUT2D eigenvalue weighted by Gasteiger charge is -2.14. The van der Waals surface area contributed by atoms with E-state index < -0.39 is 6.10 Å². The molecule has 0 aliphatic heterocycles. The van der Waals surface area contributed by atoms with Gasteiger partial charge in [0.05, 0.1) is 38.5 Å². The van der Waals surface area contributed by atoms with Crippen LogP contribution in [0.15, 0.2) is 66.7 Å². The van der Waals surface area contributed by atoms with Crippen molar-refractivity contribution >= 4 is 16.7 Å². The third-order valence-corrected chi connectivity index (χ3v) is 5.59. The molecular weight excluding hydrogens is 392 g/mol. The van der Waals surface area contributed by atoms with Crippen LogP contribution in [0.1, 0.15) is 21.5 Å². The number of benzene rings is 3. The van der Waals surface area contributed by atoms with Crippen LogP contribution >= 0.6 is 0 Å². The van der Waals surface area contributed by atoms with E-state index in [4.69, 9.17) is 14.6 Å². The SMILES string of the molecule is COc1ccccc1COCC(O)Cn1nc2c3c(cccc31)C(=O)c1ccccc1-2. The van der Waals surface area contributed by atoms with Gasteiger partial charge in [0.1, 0.15) is 11.4 Å². The molecule has 1 atom stereocenters. The second-order valence-electron chi connectivity index (χ2n) is 7.59. The molecule has 5 rings (SSSR count). The van der Waals surface area contributed by atoms with E-state index >= 15 is 0 Å². The van der Waals surface area contributed by atoms with Gasteiger partial charge in [0.2, 0.25) is 0 Å². The van der Waals surface area contributed by atoms with E-state index in [1.54, 1.807) is 11.8 Å². The van der Waals surface area contributed by atoms with Crippen LogP contribution in [-0.2, 0) is 17.9 Å². The zero-order valence-electron chi connectivity index (χ0n) is 17.1. The van der Waals surface area contributed by atoms with Crippen molar-refractivity contribution < 1.29 is 19.4 Å². The number of rotatable bonds is 7. The van der Waals surface area contributed by atoms with Gasteiger partial charge in [-0.1, -0.05) is 54.6 Å². The monoisotopic (exact) mass is 414 g/mol. The van der Waals surface area contributed by atoms with E-state index in [2.05, 4.69) is 0 Å². The average Bonchev–Trinajstić information content (AvgIpc) is 3.17. The van der Waals surface area contributed by atoms with Gasteiger partial charge in [-0.15, -0.1) is 0 Å². The summed E-state index contributed by atoms with van der Waals surface area (Å²) in [6.45, 7) is 0.768. The van der Waals surface area contributed by atoms with Crippen LogP contribution < -0.4 is 4.74 Å². The minimum atomic E-state index is -0.749. The van der Waals surface area contributed by atoms with E-state index in [1.165, 1.54) is 0 Å². The quantitative estimate of drug-likeness (QED) is 0.438. The summed E-state index contributed by atoms with van der Waals surface area (Å²) in [5.74, 6) is 0.767. The highest BCUT2D eigenvalue weighted by atomic mass is 16.5. The number of hydrogen-bond acceptors (Lipinski definition) is 5. The van der Waals surface area contributed by atoms with Crippen LogP contribution in [0.2, 0.25) is 0 Å². The Kier molecular flexibility index (Phi) is 5.02. The number of methoxy groups -OCH3 is 1. The fourth-order valence-corrected chi connectivity index (χ4v) is 4.16. The lowest BCUT2D eigenvalue weighted by molar-refractivity contribution is 0.0188. The summed E-state index contributed by atoms with van der Waals surface area (Å²) in [7, 11) is 1.62. The van der Waals surface area contributed by atoms with Crippen LogP contribution in [0.4, 0.5) is 0 Å². The first-order valence-corrected chi connectivity index (χ1v) is 10.2. The molecule has 1 aromatic heterocycles. The summed E-state index contributed by atoms with van der Waals surface area (Å²) in [5, 5.41) is 16.2. The smallest absolute Gasteiger partial charge is 0.194 e. The number of aromatic nitrogens is 2. The molecule has 0 spiro atoms. The van der Waals surface area contributed by atoms with Gasteiger partial charge in [-0.25, -0.2) is 0 Å². The van der Waals surface area contributed by atoms with Crippen molar-refractivity contribution in [1.29, 1.82) is 0 Å². The number of ether oxygens (including phenoxy) is 2. The van der Waals surface area contributed by atoms with Crippen molar-refractivity contribution in [2.45, 2.75) is 19.3 Å². The number of aliphatic hydroxyl groups is 1. The second kappa shape index (κ2) is 7.98. The van der Waals surface area contributed by atoms with Crippen molar-refractivity contribution in [3.05, 3.63) is 83.4 Å². The lowest BCUT2D eigenvalue weighted by atomic mass is 9.87. The molecule has 0 amide bonds. The minimum Gasteiger partial charge on any atom is -0.496 e. The Labute approximate surface area is 179 Å². The summed E-state index contributed by atoms with van der Waals surface area (Å²) in [4.78, 5) is 12.9. The maximum absolute atomic E-state index is 12.9. The van der Waals surface area contributed by atoms with Crippen LogP contribution in [0, 0.1) is 0 Å². The van der Waals surface area contributed by atoms with Crippen LogP contribution in [-0.4, -0.2) is 40.5 Å². The van der Waals surface area contributed by atoms with Crippen molar-refractivity contribution in [1.82, 2.24) is 9.78 Å². The van der Waals surface area contributed by atoms with Crippen LogP contribution in [0.5, 0.6) is 5.75 Å². The molecule has 1 aliphatic carbocycles. The van der Waals surface area contributed by atoms with Crippen molar-refractivity contribution in [3.8, 4) is 17.0 Å². The maximum Gasteiger partial charge on any atom is 0.194 e. The Hall–Kier alpha value is -3.48. The zero-order valence-corrected chi connectivity index (χ0v) is 17.1. The normalized spacial score (nSPS) is 13.3. The first kappa shape index (κ1) is 19.5. The number of aliphatic hydroxyl groups excluding tert-OH is 1. The first-order chi connectivity index (χ1) is 15.2. The van der Waals surface area contributed by atoms with Gasteiger partial charge in [-0.05, 0) is 12.1 Å². The third-order valence-electron chi connectivity index (χ3n) is 5.59. The standard InChI is InChI=1S/C25H22N2O4/c1-30-22-12-5-2-7-16(22)14-31-15-17(28)13-27-21-11-6-10-20-23(21)24(26-27)18-8-3-4-9-19(18)25(20)29/h2-12,17,28H,13-15H2,1H3. The third kappa shape index (κ3) is 3.40. The number of fused-ring (bicyclic) bond motifs is 2. The van der Waals surface area contributed by atoms with Crippen molar-refractivity contribution in [2.24, 2.45) is 0 Å². The molecule has 3 aromatic carbocycles. The number of para-hydroxylation sites is 1. The largest absolute Gasteiger partial charge is 0.496 e. The Balaban J connectivity index is 1.37. The molecule has 1 heterocycles. The molecular formula is C25H22N2O4. The topological polar surface area (TPSA) is 73.6 Å². The lowest BCUT2D eigenvalue weighted by Crippen LogP contribution is -2.22. The van der Waals surface area contributed by atoms with Gasteiger partial charge in [-0.3, -0.25) is 9.48 Å². The van der Waals surface area contributed by atoms with Gasteiger partial charge in [0.25, 0.3) is 0 Å². The molecule has 4 aromatic rings. The van der Waals surface area contributed by atoms with Gasteiger partial charge >= 0.3 is 0 Å². The Bertz CT molecular complexity index is 1280. The van der Waals surface area contributed by atoms with E-state index in [-0.39, 0.29) is 18.9 Å². The molecule has 1 unspecified atom stereocenters. The van der Waals surface area contributed by atoms with Crippen LogP contribution in [0.25, 0.3) is 22.2 Å². The molecule has 1 N–H and O–H groups in total. The summed E-state index contributed by atoms with van der Waals surface area (Å²) in [5.41, 5.74) is 4.68. The average molecular weight is 414 g/mol. The Morgan fingerprint density at radius 3 is 2.55 bits per heavy atom. The van der Waals surface area contributed by atoms with E-state index in [0.29, 0.717) is 17.7 Å². The Morgan fingerprint density at radius 1 is 0.968 bits per heavy atom. The Morgan fingerprint density at radius 2 is 1.71 bits per heavy atom. The van der Waals surface area contributed by atoms with Crippen LogP contribution in [0.3, 0.4) is 0 Å². The van der Waals surface area contributed by atoms with Gasteiger partial charge in [-0.2, -0.15) is 5.10 Å². The highest BCUT2D eigenvalue weighted by Crippen LogP contribution is 2.38. The predicted octanol–water partition coefficient (Wildman–Crippen LogP) is 3.83. The molecule has 1 aliphatic rings. The summed E-state index contributed by atoms with van der Waals surface area (Å²) in [6, 6.07) is 20.8. The number of nitrogens with zero attached hydrogens (tertiary/aromatic N) is 2. The molecule has 0 saturated carbocycles. The molecule has 6 heteroatoms. The first-order valence-electron chi connectivity index (χ1n) is 10.2. The fraction of sp³-hybridized carbons (Fsp3) is 0.200. The van der Waals surface area contributed by atoms with Gasteiger partial charge < -0.3 is 14.6 Å². The van der Waals surface area contributed by atoms with E-state index in [9.17, 15) is 9.90 Å². The molecule has 0 bridgehead atoms. The molecule has 0 saturated heterocycles. The summed E-state index contributed by atoms with van der Waals surface area (Å²) < 4.78 is 12.8. The highest BCUT2D eigenvalue weighted by Gasteiger charge is 2.28. The maximum atomic E-state index is 12.9. The van der Waals surface area contributed by atoms with Crippen molar-refractivity contribution in [3.63, 3.8) is 0 Å². The van der Waals surface area contributed by atoms with Gasteiger partial charge in [0.15, 0.2) is 5.78 Å². The molecule has 6 nitrogen and oxygen atoms in total. The minimum absolute atomic E-state index is 0.00828. The number of hydrogen-bond donors (Lipinski definition) is 1. The number of ketones is 1. The van der Waals surface area contributed by atoms with E-state index in [1.807, 2.05) is 66.7 Å². The zero-order chi connectivity index (χ0) is 21.4. The van der Waals surface area contributed by atoms with Gasteiger partial charge in [0, 0.05) is 27.6 Å². The number of carbonyl (C=O) groups excluding carboxylic acids is 1. The molecule has 31 heavy (non-hydrogen) atoms. The second-order valence-corrected chi connectivity index (χ2v) is 7.59. The van der Waals surface area contributed by atoms with E-state index in [0.717, 1.165) is 33.5 Å².